The van der Waals surface area contributed by atoms with Gasteiger partial charge >= 0.3 is 0 Å². The summed E-state index contributed by atoms with van der Waals surface area (Å²) in [6.45, 7) is 0. The largest absolute Gasteiger partial charge is 0.457 e. The number of primary amides is 1. The fraction of sp³-hybridized carbons (Fsp3) is 0. The van der Waals surface area contributed by atoms with Gasteiger partial charge in [0.05, 0.1) is 0 Å². The zero-order valence-corrected chi connectivity index (χ0v) is 16.7. The second-order valence-corrected chi connectivity index (χ2v) is 6.80. The minimum Gasteiger partial charge on any atom is -0.457 e. The number of H-pyrrole nitrogens is 1. The highest BCUT2D eigenvalue weighted by Gasteiger charge is 2.12. The lowest BCUT2D eigenvalue weighted by atomic mass is 10.1. The maximum Gasteiger partial charge on any atom is 0.267 e. The Morgan fingerprint density at radius 1 is 0.906 bits per heavy atom. The van der Waals surface area contributed by atoms with Gasteiger partial charge in [-0.05, 0) is 48.0 Å². The standard InChI is InChI=1S/C24H18N4O4/c25-22(29)21-14-18(12-13-26-21)32-17-8-6-16(7-9-17)27-23(30)19-10-11-20(28-24(19)31)15-4-2-1-3-5-15/h1-14H,(H2,25,29)(H,27,30)(H,28,31). The number of nitrogens with zero attached hydrogens (tertiary/aromatic N) is 1. The Balaban J connectivity index is 1.44. The molecule has 0 unspecified atom stereocenters. The van der Waals surface area contributed by atoms with Gasteiger partial charge in [0.25, 0.3) is 17.4 Å². The molecule has 0 atom stereocenters. The van der Waals surface area contributed by atoms with Crippen LogP contribution in [0.15, 0.2) is 89.9 Å². The number of amides is 2. The van der Waals surface area contributed by atoms with Crippen LogP contribution in [0.4, 0.5) is 5.69 Å². The number of nitrogens with two attached hydrogens (primary N) is 1. The molecule has 0 aliphatic rings. The maximum absolute atomic E-state index is 12.5. The predicted octanol–water partition coefficient (Wildman–Crippen LogP) is 3.58. The second kappa shape index (κ2) is 8.97. The summed E-state index contributed by atoms with van der Waals surface area (Å²) in [5, 5.41) is 2.69. The van der Waals surface area contributed by atoms with E-state index in [4.69, 9.17) is 10.5 Å². The zero-order chi connectivity index (χ0) is 22.5. The first-order valence-corrected chi connectivity index (χ1v) is 9.63. The number of aromatic amines is 1. The Morgan fingerprint density at radius 3 is 2.34 bits per heavy atom. The topological polar surface area (TPSA) is 127 Å². The molecule has 2 aromatic heterocycles. The lowest BCUT2D eigenvalue weighted by Crippen LogP contribution is -2.23. The normalized spacial score (nSPS) is 10.4. The number of benzene rings is 2. The molecule has 8 heteroatoms. The highest BCUT2D eigenvalue weighted by atomic mass is 16.5. The molecule has 4 rings (SSSR count). The fourth-order valence-corrected chi connectivity index (χ4v) is 2.99. The number of hydrogen-bond donors (Lipinski definition) is 3. The molecule has 158 valence electrons. The molecule has 4 aromatic rings. The number of hydrogen-bond acceptors (Lipinski definition) is 5. The molecule has 32 heavy (non-hydrogen) atoms. The number of aromatic nitrogens is 2. The summed E-state index contributed by atoms with van der Waals surface area (Å²) < 4.78 is 5.67. The first kappa shape index (κ1) is 20.5. The van der Waals surface area contributed by atoms with Gasteiger partial charge in [-0.15, -0.1) is 0 Å². The van der Waals surface area contributed by atoms with E-state index in [9.17, 15) is 14.4 Å². The van der Waals surface area contributed by atoms with Crippen LogP contribution in [0.25, 0.3) is 11.3 Å². The van der Waals surface area contributed by atoms with Gasteiger partial charge in [0, 0.05) is 23.6 Å². The van der Waals surface area contributed by atoms with Gasteiger partial charge in [-0.25, -0.2) is 0 Å². The molecule has 0 aliphatic heterocycles. The van der Waals surface area contributed by atoms with E-state index in [1.54, 1.807) is 36.4 Å². The molecular weight excluding hydrogens is 408 g/mol. The number of carbonyl (C=O) groups excluding carboxylic acids is 2. The summed E-state index contributed by atoms with van der Waals surface area (Å²) in [5.74, 6) is -0.301. The van der Waals surface area contributed by atoms with E-state index in [0.29, 0.717) is 22.9 Å². The molecular formula is C24H18N4O4. The summed E-state index contributed by atoms with van der Waals surface area (Å²) in [6.07, 6.45) is 1.42. The highest BCUT2D eigenvalue weighted by Crippen LogP contribution is 2.23. The maximum atomic E-state index is 12.5. The Kier molecular flexibility index (Phi) is 5.76. The van der Waals surface area contributed by atoms with Crippen LogP contribution in [-0.2, 0) is 0 Å². The van der Waals surface area contributed by atoms with Crippen LogP contribution in [0.5, 0.6) is 11.5 Å². The SMILES string of the molecule is NC(=O)c1cc(Oc2ccc(NC(=O)c3ccc(-c4ccccc4)[nH]c3=O)cc2)ccn1. The van der Waals surface area contributed by atoms with Gasteiger partial charge in [0.2, 0.25) is 0 Å². The van der Waals surface area contributed by atoms with E-state index in [1.165, 1.54) is 18.3 Å². The number of anilines is 1. The third kappa shape index (κ3) is 4.71. The lowest BCUT2D eigenvalue weighted by Gasteiger charge is -2.09. The van der Waals surface area contributed by atoms with Crippen molar-refractivity contribution in [1.82, 2.24) is 9.97 Å². The molecule has 2 amide bonds. The van der Waals surface area contributed by atoms with Crippen LogP contribution in [0, 0.1) is 0 Å². The van der Waals surface area contributed by atoms with Crippen molar-refractivity contribution in [2.24, 2.45) is 5.73 Å². The van der Waals surface area contributed by atoms with Gasteiger partial charge in [-0.2, -0.15) is 0 Å². The van der Waals surface area contributed by atoms with Gasteiger partial charge in [0.1, 0.15) is 22.8 Å². The minimum atomic E-state index is -0.653. The van der Waals surface area contributed by atoms with Gasteiger partial charge in [-0.1, -0.05) is 30.3 Å². The zero-order valence-electron chi connectivity index (χ0n) is 16.7. The molecule has 0 aliphatic carbocycles. The van der Waals surface area contributed by atoms with Crippen LogP contribution in [0.3, 0.4) is 0 Å². The Hall–Kier alpha value is -4.72. The van der Waals surface area contributed by atoms with Gasteiger partial charge < -0.3 is 20.8 Å². The third-order valence-corrected chi connectivity index (χ3v) is 4.57. The number of nitrogens with one attached hydrogen (secondary N) is 2. The average molecular weight is 426 g/mol. The summed E-state index contributed by atoms with van der Waals surface area (Å²) in [6, 6.07) is 22.1. The van der Waals surface area contributed by atoms with Gasteiger partial charge in [0.15, 0.2) is 0 Å². The van der Waals surface area contributed by atoms with Crippen molar-refractivity contribution in [2.45, 2.75) is 0 Å². The van der Waals surface area contributed by atoms with Crippen molar-refractivity contribution >= 4 is 17.5 Å². The number of rotatable bonds is 6. The van der Waals surface area contributed by atoms with E-state index >= 15 is 0 Å². The first-order chi connectivity index (χ1) is 15.5. The molecule has 0 fully saturated rings. The van der Waals surface area contributed by atoms with Crippen molar-refractivity contribution in [3.05, 3.63) is 107 Å². The van der Waals surface area contributed by atoms with Crippen molar-refractivity contribution in [1.29, 1.82) is 0 Å². The number of pyridine rings is 2. The van der Waals surface area contributed by atoms with E-state index < -0.39 is 17.4 Å². The van der Waals surface area contributed by atoms with E-state index in [1.807, 2.05) is 30.3 Å². The fourth-order valence-electron chi connectivity index (χ4n) is 2.99. The summed E-state index contributed by atoms with van der Waals surface area (Å²) in [4.78, 5) is 42.8. The summed E-state index contributed by atoms with van der Waals surface area (Å²) in [7, 11) is 0. The van der Waals surface area contributed by atoms with Crippen LogP contribution in [0.1, 0.15) is 20.8 Å². The first-order valence-electron chi connectivity index (χ1n) is 9.63. The van der Waals surface area contributed by atoms with Crippen molar-refractivity contribution < 1.29 is 14.3 Å². The van der Waals surface area contributed by atoms with Crippen LogP contribution < -0.4 is 21.3 Å². The Morgan fingerprint density at radius 2 is 1.66 bits per heavy atom. The molecule has 0 spiro atoms. The van der Waals surface area contributed by atoms with Crippen molar-refractivity contribution in [2.75, 3.05) is 5.32 Å². The molecule has 0 radical (unpaired) electrons. The molecule has 2 aromatic carbocycles. The van der Waals surface area contributed by atoms with Crippen LogP contribution >= 0.6 is 0 Å². The summed E-state index contributed by atoms with van der Waals surface area (Å²) in [5.41, 5.74) is 6.80. The third-order valence-electron chi connectivity index (χ3n) is 4.57. The monoisotopic (exact) mass is 426 g/mol. The van der Waals surface area contributed by atoms with E-state index in [0.717, 1.165) is 5.56 Å². The predicted molar refractivity (Wildman–Crippen MR) is 120 cm³/mol. The average Bonchev–Trinajstić information content (AvgIpc) is 2.81. The molecule has 0 saturated heterocycles. The van der Waals surface area contributed by atoms with Crippen LogP contribution in [-0.4, -0.2) is 21.8 Å². The number of carbonyl (C=O) groups is 2. The molecule has 8 nitrogen and oxygen atoms in total. The van der Waals surface area contributed by atoms with Crippen molar-refractivity contribution in [3.63, 3.8) is 0 Å². The summed E-state index contributed by atoms with van der Waals surface area (Å²) >= 11 is 0. The van der Waals surface area contributed by atoms with E-state index in [2.05, 4.69) is 15.3 Å². The Bertz CT molecular complexity index is 1330. The lowest BCUT2D eigenvalue weighted by molar-refractivity contribution is 0.0993. The molecule has 2 heterocycles. The van der Waals surface area contributed by atoms with Gasteiger partial charge in [-0.3, -0.25) is 19.4 Å². The van der Waals surface area contributed by atoms with E-state index in [-0.39, 0.29) is 11.3 Å². The smallest absolute Gasteiger partial charge is 0.267 e. The van der Waals surface area contributed by atoms with Crippen molar-refractivity contribution in [3.8, 4) is 22.8 Å². The Labute approximate surface area is 182 Å². The highest BCUT2D eigenvalue weighted by molar-refractivity contribution is 6.04. The number of ether oxygens (including phenoxy) is 1. The molecule has 0 saturated carbocycles. The second-order valence-electron chi connectivity index (χ2n) is 6.80. The quantitative estimate of drug-likeness (QED) is 0.434. The molecule has 0 bridgehead atoms. The van der Waals surface area contributed by atoms with Crippen LogP contribution in [0.2, 0.25) is 0 Å². The minimum absolute atomic E-state index is 0.000717. The molecule has 4 N–H and O–H groups in total.